The van der Waals surface area contributed by atoms with E-state index in [9.17, 15) is 39.6 Å². The highest BCUT2D eigenvalue weighted by atomic mass is 16.8. The highest BCUT2D eigenvalue weighted by molar-refractivity contribution is 6.21. The zero-order valence-electron chi connectivity index (χ0n) is 49.2. The summed E-state index contributed by atoms with van der Waals surface area (Å²) in [5, 5.41) is 47.0. The van der Waals surface area contributed by atoms with E-state index in [1.165, 1.54) is 31.4 Å². The molecule has 10 rings (SSSR count). The molecule has 4 N–H and O–H groups in total. The van der Waals surface area contributed by atoms with Gasteiger partial charge in [0.15, 0.2) is 25.0 Å². The third kappa shape index (κ3) is 16.3. The number of unbranched alkanes of at least 4 members (excludes halogenated alkanes) is 2. The van der Waals surface area contributed by atoms with Gasteiger partial charge in [-0.05, 0) is 59.4 Å². The largest absolute Gasteiger partial charge is 0.469 e. The van der Waals surface area contributed by atoms with Crippen LogP contribution in [0.4, 0.5) is 0 Å². The summed E-state index contributed by atoms with van der Waals surface area (Å²) in [4.78, 5) is 56.6. The summed E-state index contributed by atoms with van der Waals surface area (Å²) in [6, 6.07) is 50.3. The fourth-order valence-electron chi connectivity index (χ4n) is 11.3. The number of benzene rings is 6. The van der Waals surface area contributed by atoms with E-state index >= 15 is 0 Å². The third-order valence-electron chi connectivity index (χ3n) is 16.0. The van der Waals surface area contributed by atoms with Crippen LogP contribution in [0.5, 0.6) is 0 Å². The SMILES string of the molecule is COC(=O)CCCCCO[C@@H]1O[C@H](CO)[C@@H](O)[C@H](O[C@@H]2O[C@H](CO)[C@H](O)[C@H](O[C@H]3O[C@H](COCc4ccccc4)[C@H](OCc4ccccc4)[C@H](OCc4ccccc4)[C@H]3OCc3ccccc3)[C@H]2OC(=O)c2ccccc2)[C@H]1N1C(=O)c2ccccc2C1=O. The Labute approximate surface area is 515 Å². The van der Waals surface area contributed by atoms with Crippen molar-refractivity contribution in [2.24, 2.45) is 0 Å². The molecule has 0 bridgehead atoms. The monoisotopic (exact) mass is 1230 g/mol. The van der Waals surface area contributed by atoms with Crippen LogP contribution in [0.2, 0.25) is 0 Å². The van der Waals surface area contributed by atoms with Gasteiger partial charge in [-0.15, -0.1) is 0 Å². The maximum atomic E-state index is 14.6. The molecule has 6 aromatic carbocycles. The molecule has 2 amide bonds. The Bertz CT molecular complexity index is 3130. The van der Waals surface area contributed by atoms with Gasteiger partial charge < -0.3 is 77.3 Å². The molecule has 89 heavy (non-hydrogen) atoms. The van der Waals surface area contributed by atoms with Crippen LogP contribution in [0.1, 0.15) is 79.0 Å². The number of imide groups is 1. The van der Waals surface area contributed by atoms with Crippen LogP contribution in [0.15, 0.2) is 176 Å². The van der Waals surface area contributed by atoms with Gasteiger partial charge in [-0.25, -0.2) is 4.79 Å². The van der Waals surface area contributed by atoms with Gasteiger partial charge in [-0.1, -0.05) is 158 Å². The minimum absolute atomic E-state index is 0.0160. The third-order valence-corrected chi connectivity index (χ3v) is 16.0. The molecule has 4 aliphatic heterocycles. The summed E-state index contributed by atoms with van der Waals surface area (Å²) < 4.78 is 78.3. The zero-order valence-corrected chi connectivity index (χ0v) is 49.2. The number of rotatable bonds is 29. The maximum Gasteiger partial charge on any atom is 0.338 e. The van der Waals surface area contributed by atoms with Crippen molar-refractivity contribution in [2.75, 3.05) is 33.5 Å². The first-order valence-electron chi connectivity index (χ1n) is 29.9. The van der Waals surface area contributed by atoms with E-state index in [4.69, 9.17) is 56.8 Å². The van der Waals surface area contributed by atoms with E-state index in [2.05, 4.69) is 0 Å². The number of aliphatic hydroxyl groups excluding tert-OH is 4. The second-order valence-corrected chi connectivity index (χ2v) is 22.0. The van der Waals surface area contributed by atoms with Gasteiger partial charge >= 0.3 is 11.9 Å². The maximum absolute atomic E-state index is 14.6. The van der Waals surface area contributed by atoms with E-state index in [1.54, 1.807) is 30.3 Å². The first-order valence-corrected chi connectivity index (χ1v) is 29.9. The Morgan fingerprint density at radius 1 is 0.472 bits per heavy atom. The van der Waals surface area contributed by atoms with Crippen molar-refractivity contribution < 1.29 is 96.4 Å². The van der Waals surface area contributed by atoms with Gasteiger partial charge in [-0.3, -0.25) is 19.3 Å². The van der Waals surface area contributed by atoms with Gasteiger partial charge in [0.25, 0.3) is 11.8 Å². The number of hydrogen-bond donors (Lipinski definition) is 4. The molecule has 4 aliphatic rings. The van der Waals surface area contributed by atoms with Crippen LogP contribution in [0.3, 0.4) is 0 Å². The quantitative estimate of drug-likeness (QED) is 0.0230. The smallest absolute Gasteiger partial charge is 0.338 e. The molecular weight excluding hydrogens is 1150 g/mol. The molecular formula is C68H75NO20. The van der Waals surface area contributed by atoms with Crippen molar-refractivity contribution >= 4 is 23.8 Å². The van der Waals surface area contributed by atoms with E-state index in [0.717, 1.165) is 27.2 Å². The second kappa shape index (κ2) is 32.0. The molecule has 0 unspecified atom stereocenters. The number of amides is 2. The molecule has 15 atom stereocenters. The number of aliphatic hydroxyl groups is 4. The molecule has 21 heteroatoms. The minimum Gasteiger partial charge on any atom is -0.469 e. The van der Waals surface area contributed by atoms with Gasteiger partial charge in [0.05, 0.1) is 70.0 Å². The van der Waals surface area contributed by atoms with Crippen molar-refractivity contribution in [1.29, 1.82) is 0 Å². The van der Waals surface area contributed by atoms with E-state index in [0.29, 0.717) is 19.3 Å². The second-order valence-electron chi connectivity index (χ2n) is 22.0. The summed E-state index contributed by atoms with van der Waals surface area (Å²) in [6.07, 6.45) is -20.2. The van der Waals surface area contributed by atoms with Crippen LogP contribution >= 0.6 is 0 Å². The molecule has 3 fully saturated rings. The van der Waals surface area contributed by atoms with Crippen LogP contribution in [0, 0.1) is 0 Å². The molecule has 4 heterocycles. The van der Waals surface area contributed by atoms with Crippen molar-refractivity contribution in [3.05, 3.63) is 215 Å². The fraction of sp³-hybridized carbons (Fsp3) is 0.412. The summed E-state index contributed by atoms with van der Waals surface area (Å²) in [6.45, 7) is -1.52. The van der Waals surface area contributed by atoms with Crippen molar-refractivity contribution in [2.45, 2.75) is 144 Å². The predicted octanol–water partition coefficient (Wildman–Crippen LogP) is 6.25. The number of esters is 2. The highest BCUT2D eigenvalue weighted by Crippen LogP contribution is 2.40. The number of carbonyl (C=O) groups is 4. The lowest BCUT2D eigenvalue weighted by molar-refractivity contribution is -0.381. The Morgan fingerprint density at radius 2 is 0.921 bits per heavy atom. The molecule has 3 saturated heterocycles. The van der Waals surface area contributed by atoms with E-state index in [-0.39, 0.29) is 68.7 Å². The van der Waals surface area contributed by atoms with Crippen molar-refractivity contribution in [3.8, 4) is 0 Å². The lowest BCUT2D eigenvalue weighted by Gasteiger charge is -2.51. The summed E-state index contributed by atoms with van der Waals surface area (Å²) >= 11 is 0. The number of nitrogens with zero attached hydrogens (tertiary/aromatic N) is 1. The minimum atomic E-state index is -1.95. The summed E-state index contributed by atoms with van der Waals surface area (Å²) in [5.41, 5.74) is 3.44. The predicted molar refractivity (Wildman–Crippen MR) is 316 cm³/mol. The average molecular weight is 1230 g/mol. The Morgan fingerprint density at radius 3 is 1.46 bits per heavy atom. The molecule has 0 saturated carbocycles. The summed E-state index contributed by atoms with van der Waals surface area (Å²) in [5.74, 6) is -2.92. The summed E-state index contributed by atoms with van der Waals surface area (Å²) in [7, 11) is 1.30. The topological polar surface area (TPSA) is 263 Å². The standard InChI is InChI=1S/C68H75NO20/c1-78-53(72)34-18-7-21-35-80-66-54(69-63(75)48-32-19-20-33-49(48)64(69)76)58(55(73)50(36-70)84-66)88-68-62(87-65(77)47-30-16-6-17-31-47)59(56(74)51(37-71)85-68)89-67-61(83-41-46-28-14-5-15-29-46)60(82-40-45-26-12-4-13-27-45)57(81-39-44-24-10-3-11-25-44)52(86-67)42-79-38-43-22-8-2-9-23-43/h2-6,8-17,19-20,22-33,50-52,54-62,66-68,70-71,73-74H,7,18,21,34-42H2,1H3/t50-,51-,52-,54-,55-,56+,57+,58-,59+,60+,61-,62-,66-,67-,68+/m1/s1. The van der Waals surface area contributed by atoms with Gasteiger partial charge in [-0.2, -0.15) is 0 Å². The van der Waals surface area contributed by atoms with Crippen LogP contribution < -0.4 is 0 Å². The Kier molecular flexibility index (Phi) is 23.3. The van der Waals surface area contributed by atoms with Crippen LogP contribution in [-0.2, 0) is 88.1 Å². The number of ether oxygens (including phenoxy) is 12. The number of fused-ring (bicyclic) bond motifs is 1. The van der Waals surface area contributed by atoms with Gasteiger partial charge in [0.1, 0.15) is 67.1 Å². The van der Waals surface area contributed by atoms with Crippen molar-refractivity contribution in [1.82, 2.24) is 4.90 Å². The first-order chi connectivity index (χ1) is 43.5. The molecule has 0 radical (unpaired) electrons. The first kappa shape index (κ1) is 64.8. The van der Waals surface area contributed by atoms with Gasteiger partial charge in [0, 0.05) is 13.0 Å². The van der Waals surface area contributed by atoms with Crippen LogP contribution in [-0.4, -0.2) is 175 Å². The van der Waals surface area contributed by atoms with Crippen LogP contribution in [0.25, 0.3) is 0 Å². The highest BCUT2D eigenvalue weighted by Gasteiger charge is 2.59. The molecule has 0 spiro atoms. The molecule has 472 valence electrons. The number of methoxy groups -OCH3 is 1. The molecule has 0 aromatic heterocycles. The van der Waals surface area contributed by atoms with Gasteiger partial charge in [0.2, 0.25) is 0 Å². The zero-order chi connectivity index (χ0) is 62.1. The average Bonchev–Trinajstić information content (AvgIpc) is 1.79. The number of hydrogen-bond acceptors (Lipinski definition) is 20. The normalized spacial score (nSPS) is 27.7. The Hall–Kier alpha value is -7.16. The molecule has 6 aromatic rings. The van der Waals surface area contributed by atoms with Crippen molar-refractivity contribution in [3.63, 3.8) is 0 Å². The molecule has 0 aliphatic carbocycles. The Balaban J connectivity index is 1.05. The lowest BCUT2D eigenvalue weighted by Crippen LogP contribution is -2.70. The fourth-order valence-corrected chi connectivity index (χ4v) is 11.3. The molecule has 21 nitrogen and oxygen atoms in total. The van der Waals surface area contributed by atoms with E-state index < -0.39 is 123 Å². The lowest BCUT2D eigenvalue weighted by atomic mass is 9.94. The number of carbonyl (C=O) groups excluding carboxylic acids is 4. The van der Waals surface area contributed by atoms with E-state index in [1.807, 2.05) is 121 Å².